The summed E-state index contributed by atoms with van der Waals surface area (Å²) in [5, 5.41) is 32.6. The molecule has 6 N–H and O–H groups in total. The average Bonchev–Trinajstić information content (AvgIpc) is 2.05. The van der Waals surface area contributed by atoms with E-state index in [9.17, 15) is 0 Å². The number of rotatable bonds is 3. The van der Waals surface area contributed by atoms with E-state index in [1.165, 1.54) is 0 Å². The second-order valence-corrected chi connectivity index (χ2v) is 2.15. The van der Waals surface area contributed by atoms with Crippen molar-refractivity contribution >= 4 is 0 Å². The number of aliphatic hydroxyl groups is 4. The Bertz CT molecular complexity index is 66.7. The van der Waals surface area contributed by atoms with E-state index in [0.717, 1.165) is 0 Å². The van der Waals surface area contributed by atoms with E-state index in [0.29, 0.717) is 0 Å². The van der Waals surface area contributed by atoms with Crippen LogP contribution in [0.2, 0.25) is 0 Å². The Hall–Kier alpha value is -0.200. The summed E-state index contributed by atoms with van der Waals surface area (Å²) < 4.78 is 0. The maximum absolute atomic E-state index is 8.34. The van der Waals surface area contributed by atoms with Gasteiger partial charge in [0.2, 0.25) is 0 Å². The van der Waals surface area contributed by atoms with Gasteiger partial charge >= 0.3 is 0 Å². The fourth-order valence-corrected chi connectivity index (χ4v) is 0.150. The molecule has 0 amide bonds. The molecule has 70 valence electrons. The minimum absolute atomic E-state index is 0.250. The average molecular weight is 167 g/mol. The molecular weight excluding hydrogens is 150 g/mol. The van der Waals surface area contributed by atoms with Crippen molar-refractivity contribution in [1.82, 2.24) is 0 Å². The molecule has 5 nitrogen and oxygen atoms in total. The van der Waals surface area contributed by atoms with Crippen LogP contribution in [0.15, 0.2) is 0 Å². The van der Waals surface area contributed by atoms with E-state index in [1.54, 1.807) is 6.92 Å². The molecule has 0 aromatic rings. The second-order valence-electron chi connectivity index (χ2n) is 2.15. The lowest BCUT2D eigenvalue weighted by Crippen LogP contribution is -2.50. The molecule has 0 unspecified atom stereocenters. The predicted molar refractivity (Wildman–Crippen MR) is 40.9 cm³/mol. The normalized spacial score (nSPS) is 10.4. The van der Waals surface area contributed by atoms with Gasteiger partial charge in [-0.15, -0.1) is 0 Å². The summed E-state index contributed by atoms with van der Waals surface area (Å²) in [6.07, 6.45) is 0. The van der Waals surface area contributed by atoms with Gasteiger partial charge in [0.15, 0.2) is 0 Å². The van der Waals surface area contributed by atoms with Gasteiger partial charge in [0.1, 0.15) is 0 Å². The number of aliphatic hydroxyl groups excluding tert-OH is 4. The van der Waals surface area contributed by atoms with Gasteiger partial charge in [0.25, 0.3) is 0 Å². The Morgan fingerprint density at radius 3 is 1.18 bits per heavy atom. The van der Waals surface area contributed by atoms with Crippen LogP contribution in [0.1, 0.15) is 6.92 Å². The monoisotopic (exact) mass is 167 g/mol. The first-order chi connectivity index (χ1) is 5.10. The van der Waals surface area contributed by atoms with Crippen LogP contribution in [-0.4, -0.2) is 52.4 Å². The fourth-order valence-electron chi connectivity index (χ4n) is 0.150. The van der Waals surface area contributed by atoms with Crippen LogP contribution >= 0.6 is 0 Å². The van der Waals surface area contributed by atoms with Crippen molar-refractivity contribution in [3.8, 4) is 0 Å². The molecular formula is C6H17NO4. The molecule has 0 bridgehead atoms. The van der Waals surface area contributed by atoms with Crippen molar-refractivity contribution in [3.63, 3.8) is 0 Å². The van der Waals surface area contributed by atoms with Crippen LogP contribution < -0.4 is 5.73 Å². The van der Waals surface area contributed by atoms with Gasteiger partial charge < -0.3 is 26.2 Å². The van der Waals surface area contributed by atoms with E-state index < -0.39 is 25.4 Å². The summed E-state index contributed by atoms with van der Waals surface area (Å²) in [6, 6.07) is 0. The smallest absolute Gasteiger partial charge is 0.0856 e. The molecule has 0 aliphatic carbocycles. The highest BCUT2D eigenvalue weighted by molar-refractivity contribution is 4.80. The first-order valence-electron chi connectivity index (χ1n) is 3.32. The molecule has 0 saturated carbocycles. The number of hydrogen-bond acceptors (Lipinski definition) is 5. The van der Waals surface area contributed by atoms with Crippen molar-refractivity contribution in [1.29, 1.82) is 0 Å². The van der Waals surface area contributed by atoms with Crippen LogP contribution in [0.5, 0.6) is 0 Å². The zero-order valence-electron chi connectivity index (χ0n) is 6.69. The molecule has 0 radical (unpaired) electrons. The molecule has 0 heterocycles. The predicted octanol–water partition coefficient (Wildman–Crippen LogP) is -2.34. The van der Waals surface area contributed by atoms with Crippen molar-refractivity contribution in [3.05, 3.63) is 0 Å². The lowest BCUT2D eigenvalue weighted by molar-refractivity contribution is 0.0698. The standard InChI is InChI=1S/C4H11NO3.C2H6O/c5-4(1-6,2-7)3-8;1-2-3/h6-8H,1-3,5H2;3H,2H2,1H3. The molecule has 0 fully saturated rings. The number of hydrogen-bond donors (Lipinski definition) is 5. The molecule has 0 aromatic carbocycles. The second kappa shape index (κ2) is 7.90. The summed E-state index contributed by atoms with van der Waals surface area (Å²) >= 11 is 0. The molecule has 11 heavy (non-hydrogen) atoms. The Balaban J connectivity index is 0. The minimum Gasteiger partial charge on any atom is -0.397 e. The molecule has 0 atom stereocenters. The zero-order valence-corrected chi connectivity index (χ0v) is 6.69. The van der Waals surface area contributed by atoms with Gasteiger partial charge in [-0.25, -0.2) is 0 Å². The third-order valence-corrected chi connectivity index (χ3v) is 0.945. The molecule has 0 aliphatic heterocycles. The highest BCUT2D eigenvalue weighted by atomic mass is 16.3. The Morgan fingerprint density at radius 1 is 1.00 bits per heavy atom. The zero-order chi connectivity index (χ0) is 9.33. The van der Waals surface area contributed by atoms with Crippen LogP contribution in [0.4, 0.5) is 0 Å². The van der Waals surface area contributed by atoms with Crippen LogP contribution in [0, 0.1) is 0 Å². The van der Waals surface area contributed by atoms with E-state index in [-0.39, 0.29) is 6.61 Å². The first kappa shape index (κ1) is 13.4. The van der Waals surface area contributed by atoms with Gasteiger partial charge in [-0.1, -0.05) is 0 Å². The van der Waals surface area contributed by atoms with Crippen molar-refractivity contribution in [2.75, 3.05) is 26.4 Å². The fraction of sp³-hybridized carbons (Fsp3) is 1.00. The van der Waals surface area contributed by atoms with Crippen molar-refractivity contribution in [2.24, 2.45) is 5.73 Å². The van der Waals surface area contributed by atoms with Gasteiger partial charge in [0, 0.05) is 6.61 Å². The highest BCUT2D eigenvalue weighted by Crippen LogP contribution is 1.93. The van der Waals surface area contributed by atoms with Gasteiger partial charge in [-0.2, -0.15) is 0 Å². The molecule has 5 heteroatoms. The molecule has 0 rings (SSSR count). The third-order valence-electron chi connectivity index (χ3n) is 0.945. The van der Waals surface area contributed by atoms with E-state index in [4.69, 9.17) is 26.2 Å². The summed E-state index contributed by atoms with van der Waals surface area (Å²) in [4.78, 5) is 0. The van der Waals surface area contributed by atoms with Crippen LogP contribution in [0.3, 0.4) is 0 Å². The molecule has 0 spiro atoms. The van der Waals surface area contributed by atoms with Gasteiger partial charge in [-0.3, -0.25) is 0 Å². The maximum atomic E-state index is 8.34. The van der Waals surface area contributed by atoms with Crippen LogP contribution in [-0.2, 0) is 0 Å². The minimum atomic E-state index is -1.21. The maximum Gasteiger partial charge on any atom is 0.0856 e. The topological polar surface area (TPSA) is 107 Å². The van der Waals surface area contributed by atoms with Gasteiger partial charge in [0.05, 0.1) is 25.4 Å². The summed E-state index contributed by atoms with van der Waals surface area (Å²) in [6.45, 7) is 0.722. The van der Waals surface area contributed by atoms with E-state index in [1.807, 2.05) is 0 Å². The summed E-state index contributed by atoms with van der Waals surface area (Å²) in [5.41, 5.74) is 3.94. The lowest BCUT2D eigenvalue weighted by Gasteiger charge is -2.20. The quantitative estimate of drug-likeness (QED) is 0.324. The Morgan fingerprint density at radius 2 is 1.18 bits per heavy atom. The Kier molecular flexibility index (Phi) is 9.62. The number of nitrogens with two attached hydrogens (primary N) is 1. The third kappa shape index (κ3) is 7.70. The van der Waals surface area contributed by atoms with Crippen LogP contribution in [0.25, 0.3) is 0 Å². The molecule has 0 saturated heterocycles. The van der Waals surface area contributed by atoms with E-state index in [2.05, 4.69) is 0 Å². The lowest BCUT2D eigenvalue weighted by atomic mass is 10.1. The summed E-state index contributed by atoms with van der Waals surface area (Å²) in [7, 11) is 0. The van der Waals surface area contributed by atoms with Crippen molar-refractivity contribution in [2.45, 2.75) is 12.5 Å². The summed E-state index contributed by atoms with van der Waals surface area (Å²) in [5.74, 6) is 0. The Labute approximate surface area is 66.1 Å². The van der Waals surface area contributed by atoms with Crippen molar-refractivity contribution < 1.29 is 20.4 Å². The first-order valence-corrected chi connectivity index (χ1v) is 3.32. The molecule has 0 aliphatic rings. The molecule has 0 aromatic heterocycles. The highest BCUT2D eigenvalue weighted by Gasteiger charge is 2.20. The SMILES string of the molecule is CCO.NC(CO)(CO)CO. The van der Waals surface area contributed by atoms with Gasteiger partial charge in [-0.05, 0) is 6.92 Å². The van der Waals surface area contributed by atoms with E-state index >= 15 is 0 Å². The largest absolute Gasteiger partial charge is 0.397 e.